The van der Waals surface area contributed by atoms with E-state index in [4.69, 9.17) is 10.5 Å². The van der Waals surface area contributed by atoms with Crippen molar-refractivity contribution < 1.29 is 17.9 Å². The van der Waals surface area contributed by atoms with Gasteiger partial charge in [0.2, 0.25) is 10.0 Å². The van der Waals surface area contributed by atoms with E-state index < -0.39 is 15.3 Å². The van der Waals surface area contributed by atoms with Gasteiger partial charge >= 0.3 is 5.97 Å². The van der Waals surface area contributed by atoms with Gasteiger partial charge < -0.3 is 10.5 Å². The van der Waals surface area contributed by atoms with Crippen molar-refractivity contribution in [1.82, 2.24) is 0 Å². The van der Waals surface area contributed by atoms with Crippen LogP contribution in [0, 0.1) is 17.8 Å². The van der Waals surface area contributed by atoms with E-state index in [9.17, 15) is 13.2 Å². The zero-order valence-corrected chi connectivity index (χ0v) is 17.0. The first-order valence-electron chi connectivity index (χ1n) is 9.45. The Morgan fingerprint density at radius 1 is 1.07 bits per heavy atom. The molecule has 1 aliphatic carbocycles. The Kier molecular flexibility index (Phi) is 6.45. The molecular weight excluding hydrogens is 388 g/mol. The van der Waals surface area contributed by atoms with E-state index >= 15 is 0 Å². The Morgan fingerprint density at radius 3 is 2.38 bits per heavy atom. The molecule has 29 heavy (non-hydrogen) atoms. The minimum atomic E-state index is -3.57. The van der Waals surface area contributed by atoms with E-state index in [-0.39, 0.29) is 11.9 Å². The average molecular weight is 413 g/mol. The average Bonchev–Trinajstić information content (AvgIpc) is 2.73. The van der Waals surface area contributed by atoms with Crippen molar-refractivity contribution in [1.29, 1.82) is 0 Å². The zero-order valence-electron chi connectivity index (χ0n) is 16.2. The molecule has 1 fully saturated rings. The van der Waals surface area contributed by atoms with Gasteiger partial charge in [0, 0.05) is 16.8 Å². The maximum atomic E-state index is 12.7. The molecule has 1 saturated carbocycles. The molecule has 0 bridgehead atoms. The monoisotopic (exact) mass is 412 g/mol. The lowest BCUT2D eigenvalue weighted by Gasteiger charge is -2.27. The van der Waals surface area contributed by atoms with Gasteiger partial charge in [-0.3, -0.25) is 9.52 Å². The Labute approximate surface area is 171 Å². The van der Waals surface area contributed by atoms with Gasteiger partial charge in [-0.2, -0.15) is 0 Å². The highest BCUT2D eigenvalue weighted by Gasteiger charge is 2.33. The molecule has 3 N–H and O–H groups in total. The minimum absolute atomic E-state index is 0.218. The lowest BCUT2D eigenvalue weighted by atomic mass is 9.89. The summed E-state index contributed by atoms with van der Waals surface area (Å²) in [6.07, 6.45) is 1.86. The molecule has 3 rings (SSSR count). The summed E-state index contributed by atoms with van der Waals surface area (Å²) in [5.41, 5.74) is 8.38. The quantitative estimate of drug-likeness (QED) is 0.457. The maximum Gasteiger partial charge on any atom is 0.308 e. The highest BCUT2D eigenvalue weighted by atomic mass is 32.2. The largest absolute Gasteiger partial charge is 0.469 e. The van der Waals surface area contributed by atoms with Gasteiger partial charge in [-0.25, -0.2) is 8.42 Å². The highest BCUT2D eigenvalue weighted by Crippen LogP contribution is 2.30. The molecule has 0 aromatic heterocycles. The number of carbonyl (C=O) groups is 1. The maximum absolute atomic E-state index is 12.7. The number of carbonyl (C=O) groups excluding carboxylic acids is 1. The van der Waals surface area contributed by atoms with E-state index in [0.717, 1.165) is 5.56 Å². The van der Waals surface area contributed by atoms with Crippen LogP contribution in [0.4, 0.5) is 11.4 Å². The molecule has 152 valence electrons. The highest BCUT2D eigenvalue weighted by molar-refractivity contribution is 7.93. The van der Waals surface area contributed by atoms with Crippen LogP contribution in [0.15, 0.2) is 48.5 Å². The van der Waals surface area contributed by atoms with E-state index in [1.54, 1.807) is 18.2 Å². The SMILES string of the molecule is COC(=O)C1CCC(S(=O)(=O)Nc2ccc(C#Cc3ccccc3)c(N)c2)CC1. The molecule has 0 unspecified atom stereocenters. The van der Waals surface area contributed by atoms with Crippen molar-refractivity contribution in [3.8, 4) is 11.8 Å². The summed E-state index contributed by atoms with van der Waals surface area (Å²) >= 11 is 0. The number of nitrogen functional groups attached to an aromatic ring is 1. The van der Waals surface area contributed by atoms with Gasteiger partial charge in [0.25, 0.3) is 0 Å². The smallest absolute Gasteiger partial charge is 0.308 e. The summed E-state index contributed by atoms with van der Waals surface area (Å²) in [5.74, 6) is 5.55. The fraction of sp³-hybridized carbons (Fsp3) is 0.318. The molecule has 0 atom stereocenters. The van der Waals surface area contributed by atoms with Crippen LogP contribution in [0.1, 0.15) is 36.8 Å². The molecule has 0 spiro atoms. The number of methoxy groups -OCH3 is 1. The van der Waals surface area contributed by atoms with Crippen molar-refractivity contribution in [2.24, 2.45) is 5.92 Å². The molecule has 2 aromatic rings. The number of hydrogen-bond acceptors (Lipinski definition) is 5. The van der Waals surface area contributed by atoms with Gasteiger partial charge in [0.15, 0.2) is 0 Å². The third-order valence-electron chi connectivity index (χ3n) is 5.07. The lowest BCUT2D eigenvalue weighted by Crippen LogP contribution is -2.33. The van der Waals surface area contributed by atoms with Crippen molar-refractivity contribution >= 4 is 27.4 Å². The van der Waals surface area contributed by atoms with E-state index in [0.29, 0.717) is 42.6 Å². The molecule has 7 heteroatoms. The summed E-state index contributed by atoms with van der Waals surface area (Å²) in [4.78, 5) is 11.6. The van der Waals surface area contributed by atoms with Gasteiger partial charge in [0.05, 0.1) is 24.0 Å². The predicted molar refractivity (Wildman–Crippen MR) is 114 cm³/mol. The van der Waals surface area contributed by atoms with Crippen LogP contribution in [0.5, 0.6) is 0 Å². The fourth-order valence-corrected chi connectivity index (χ4v) is 4.94. The van der Waals surface area contributed by atoms with Gasteiger partial charge in [0.1, 0.15) is 0 Å². The molecule has 6 nitrogen and oxygen atoms in total. The minimum Gasteiger partial charge on any atom is -0.469 e. The molecule has 0 radical (unpaired) electrons. The molecule has 2 aromatic carbocycles. The lowest BCUT2D eigenvalue weighted by molar-refractivity contribution is -0.146. The van der Waals surface area contributed by atoms with E-state index in [1.165, 1.54) is 7.11 Å². The van der Waals surface area contributed by atoms with Crippen LogP contribution in [0.25, 0.3) is 0 Å². The van der Waals surface area contributed by atoms with Crippen molar-refractivity contribution in [3.63, 3.8) is 0 Å². The van der Waals surface area contributed by atoms with Gasteiger partial charge in [-0.15, -0.1) is 0 Å². The van der Waals surface area contributed by atoms with Crippen LogP contribution in [0.3, 0.4) is 0 Å². The van der Waals surface area contributed by atoms with Crippen molar-refractivity contribution in [3.05, 3.63) is 59.7 Å². The van der Waals surface area contributed by atoms with Gasteiger partial charge in [-0.05, 0) is 56.0 Å². The van der Waals surface area contributed by atoms with Crippen LogP contribution < -0.4 is 10.5 Å². The number of anilines is 2. The van der Waals surface area contributed by atoms with E-state index in [1.807, 2.05) is 30.3 Å². The molecular formula is C22H24N2O4S. The Bertz CT molecular complexity index is 1030. The third kappa shape index (κ3) is 5.30. The number of nitrogens with two attached hydrogens (primary N) is 1. The number of hydrogen-bond donors (Lipinski definition) is 2. The van der Waals surface area contributed by atoms with Crippen LogP contribution in [-0.2, 0) is 19.6 Å². The first-order chi connectivity index (χ1) is 13.9. The first kappa shape index (κ1) is 20.7. The Morgan fingerprint density at radius 2 is 1.76 bits per heavy atom. The van der Waals surface area contributed by atoms with Crippen LogP contribution in [-0.4, -0.2) is 26.7 Å². The number of ether oxygens (including phenoxy) is 1. The molecule has 1 aliphatic rings. The zero-order chi connectivity index (χ0) is 20.9. The molecule has 0 saturated heterocycles. The predicted octanol–water partition coefficient (Wildman–Crippen LogP) is 3.14. The summed E-state index contributed by atoms with van der Waals surface area (Å²) < 4.78 is 32.8. The summed E-state index contributed by atoms with van der Waals surface area (Å²) in [5, 5.41) is -0.540. The second-order valence-corrected chi connectivity index (χ2v) is 9.02. The van der Waals surface area contributed by atoms with Crippen molar-refractivity contribution in [2.75, 3.05) is 17.6 Å². The number of nitrogens with one attached hydrogen (secondary N) is 1. The second-order valence-electron chi connectivity index (χ2n) is 7.06. The normalized spacial score (nSPS) is 18.9. The Balaban J connectivity index is 1.67. The van der Waals surface area contributed by atoms with Crippen molar-refractivity contribution in [2.45, 2.75) is 30.9 Å². The van der Waals surface area contributed by atoms with Crippen LogP contribution >= 0.6 is 0 Å². The van der Waals surface area contributed by atoms with Gasteiger partial charge in [-0.1, -0.05) is 30.0 Å². The fourth-order valence-electron chi connectivity index (χ4n) is 3.42. The first-order valence-corrected chi connectivity index (χ1v) is 11.0. The molecule has 0 aliphatic heterocycles. The number of benzene rings is 2. The third-order valence-corrected chi connectivity index (χ3v) is 6.94. The molecule has 0 heterocycles. The summed E-state index contributed by atoms with van der Waals surface area (Å²) in [6, 6.07) is 14.5. The number of esters is 1. The van der Waals surface area contributed by atoms with E-state index in [2.05, 4.69) is 16.6 Å². The second kappa shape index (κ2) is 9.01. The van der Waals surface area contributed by atoms with Crippen LogP contribution in [0.2, 0.25) is 0 Å². The topological polar surface area (TPSA) is 98.5 Å². The standard InChI is InChI=1S/C22H24N2O4S/c1-28-22(25)18-10-13-20(14-11-18)29(26,27)24-19-12-9-17(21(23)15-19)8-7-16-5-3-2-4-6-16/h2-6,9,12,15,18,20,24H,10-11,13-14,23H2,1H3. The number of rotatable bonds is 4. The molecule has 0 amide bonds. The Hall–Kier alpha value is -2.98. The number of sulfonamides is 1. The summed E-state index contributed by atoms with van der Waals surface area (Å²) in [7, 11) is -2.22. The summed E-state index contributed by atoms with van der Waals surface area (Å²) in [6.45, 7) is 0.